The summed E-state index contributed by atoms with van der Waals surface area (Å²) in [6.07, 6.45) is 11.4. The Balaban J connectivity index is 1.99. The molecule has 0 saturated heterocycles. The summed E-state index contributed by atoms with van der Waals surface area (Å²) in [6, 6.07) is 0. The van der Waals surface area contributed by atoms with Gasteiger partial charge in [-0.1, -0.05) is 45.4 Å². The highest BCUT2D eigenvalue weighted by atomic mass is 16.3. The van der Waals surface area contributed by atoms with Crippen molar-refractivity contribution in [1.82, 2.24) is 0 Å². The van der Waals surface area contributed by atoms with E-state index < -0.39 is 0 Å². The second kappa shape index (κ2) is 6.42. The van der Waals surface area contributed by atoms with Crippen LogP contribution in [0.1, 0.15) is 64.7 Å². The van der Waals surface area contributed by atoms with Crippen molar-refractivity contribution in [2.75, 3.05) is 0 Å². The van der Waals surface area contributed by atoms with Gasteiger partial charge in [0.05, 0.1) is 6.10 Å². The summed E-state index contributed by atoms with van der Waals surface area (Å²) in [5.41, 5.74) is 0. The predicted molar refractivity (Wildman–Crippen MR) is 56.7 cm³/mol. The number of hydrogen-bond acceptors (Lipinski definition) is 1. The van der Waals surface area contributed by atoms with Gasteiger partial charge in [0.25, 0.3) is 0 Å². The first-order valence-corrected chi connectivity index (χ1v) is 6.02. The second-order valence-corrected chi connectivity index (χ2v) is 4.46. The van der Waals surface area contributed by atoms with E-state index in [1.165, 1.54) is 51.4 Å². The maximum atomic E-state index is 9.85. The van der Waals surface area contributed by atoms with Crippen LogP contribution >= 0.6 is 0 Å². The zero-order valence-corrected chi connectivity index (χ0v) is 8.97. The van der Waals surface area contributed by atoms with Gasteiger partial charge in [0.1, 0.15) is 0 Å². The van der Waals surface area contributed by atoms with Gasteiger partial charge in [-0.05, 0) is 25.2 Å². The van der Waals surface area contributed by atoms with E-state index in [-0.39, 0.29) is 6.10 Å². The molecule has 0 aliphatic heterocycles. The monoisotopic (exact) mass is 184 g/mol. The quantitative estimate of drug-likeness (QED) is 0.626. The zero-order chi connectivity index (χ0) is 9.52. The number of hydrogen-bond donors (Lipinski definition) is 1. The minimum absolute atomic E-state index is 0.0133. The fourth-order valence-corrected chi connectivity index (χ4v) is 2.36. The Labute approximate surface area is 82.5 Å². The van der Waals surface area contributed by atoms with Gasteiger partial charge in [0.15, 0.2) is 0 Å². The van der Waals surface area contributed by atoms with Crippen LogP contribution in [0.25, 0.3) is 0 Å². The molecule has 0 amide bonds. The smallest absolute Gasteiger partial charge is 0.0568 e. The summed E-state index contributed by atoms with van der Waals surface area (Å²) in [5.74, 6) is 0.640. The normalized spacial score (nSPS) is 20.8. The predicted octanol–water partition coefficient (Wildman–Crippen LogP) is 3.51. The Morgan fingerprint density at radius 2 is 1.85 bits per heavy atom. The van der Waals surface area contributed by atoms with E-state index in [0.29, 0.717) is 5.92 Å². The van der Waals surface area contributed by atoms with Gasteiger partial charge in [0.2, 0.25) is 0 Å². The Morgan fingerprint density at radius 3 is 2.46 bits per heavy atom. The number of rotatable bonds is 6. The molecule has 0 aromatic rings. The molecule has 78 valence electrons. The van der Waals surface area contributed by atoms with Crippen molar-refractivity contribution in [2.24, 2.45) is 5.92 Å². The van der Waals surface area contributed by atoms with Gasteiger partial charge < -0.3 is 5.11 Å². The lowest BCUT2D eigenvalue weighted by atomic mass is 9.96. The molecular formula is C12H24O. The molecule has 1 rings (SSSR count). The minimum Gasteiger partial charge on any atom is -0.393 e. The van der Waals surface area contributed by atoms with Crippen molar-refractivity contribution in [1.29, 1.82) is 0 Å². The molecular weight excluding hydrogens is 160 g/mol. The molecule has 13 heavy (non-hydrogen) atoms. The first-order valence-electron chi connectivity index (χ1n) is 6.02. The van der Waals surface area contributed by atoms with Crippen LogP contribution in [0.4, 0.5) is 0 Å². The van der Waals surface area contributed by atoms with Gasteiger partial charge in [0, 0.05) is 0 Å². The van der Waals surface area contributed by atoms with Crippen molar-refractivity contribution in [2.45, 2.75) is 70.8 Å². The lowest BCUT2D eigenvalue weighted by Crippen LogP contribution is -2.17. The third-order valence-corrected chi connectivity index (χ3v) is 3.30. The zero-order valence-electron chi connectivity index (χ0n) is 8.97. The van der Waals surface area contributed by atoms with Crippen molar-refractivity contribution in [3.8, 4) is 0 Å². The highest BCUT2D eigenvalue weighted by Crippen LogP contribution is 2.29. The highest BCUT2D eigenvalue weighted by Gasteiger charge is 2.22. The molecule has 1 atom stereocenters. The first kappa shape index (κ1) is 11.0. The summed E-state index contributed by atoms with van der Waals surface area (Å²) in [4.78, 5) is 0. The van der Waals surface area contributed by atoms with E-state index in [1.807, 2.05) is 0 Å². The van der Waals surface area contributed by atoms with E-state index >= 15 is 0 Å². The van der Waals surface area contributed by atoms with Crippen LogP contribution in [0.3, 0.4) is 0 Å². The molecule has 0 bridgehead atoms. The van der Waals surface area contributed by atoms with Crippen LogP contribution in [-0.4, -0.2) is 11.2 Å². The van der Waals surface area contributed by atoms with Gasteiger partial charge in [-0.25, -0.2) is 0 Å². The van der Waals surface area contributed by atoms with E-state index in [9.17, 15) is 5.11 Å². The third-order valence-electron chi connectivity index (χ3n) is 3.30. The van der Waals surface area contributed by atoms with Crippen molar-refractivity contribution in [3.05, 3.63) is 0 Å². The van der Waals surface area contributed by atoms with Crippen molar-refractivity contribution >= 4 is 0 Å². The third kappa shape index (κ3) is 4.12. The molecule has 1 aliphatic rings. The summed E-state index contributed by atoms with van der Waals surface area (Å²) in [5, 5.41) is 9.85. The molecule has 0 radical (unpaired) electrons. The van der Waals surface area contributed by atoms with E-state index in [2.05, 4.69) is 6.92 Å². The summed E-state index contributed by atoms with van der Waals surface area (Å²) in [6.45, 7) is 2.23. The Bertz CT molecular complexity index is 116. The average Bonchev–Trinajstić information content (AvgIpc) is 2.65. The maximum Gasteiger partial charge on any atom is 0.0568 e. The molecule has 1 fully saturated rings. The van der Waals surface area contributed by atoms with Gasteiger partial charge in [-0.15, -0.1) is 0 Å². The van der Waals surface area contributed by atoms with Crippen LogP contribution in [0, 0.1) is 5.92 Å². The van der Waals surface area contributed by atoms with Gasteiger partial charge >= 0.3 is 0 Å². The Kier molecular flexibility index (Phi) is 5.45. The van der Waals surface area contributed by atoms with Crippen molar-refractivity contribution < 1.29 is 5.11 Å². The molecule has 0 aromatic carbocycles. The maximum absolute atomic E-state index is 9.85. The van der Waals surface area contributed by atoms with E-state index in [4.69, 9.17) is 0 Å². The number of aliphatic hydroxyl groups is 1. The van der Waals surface area contributed by atoms with E-state index in [1.54, 1.807) is 0 Å². The Morgan fingerprint density at radius 1 is 1.15 bits per heavy atom. The standard InChI is InChI=1S/C12H24O/c1-2-3-4-5-10-12(13)11-8-6-7-9-11/h11-13H,2-10H2,1H3/t12-/m1/s1. The van der Waals surface area contributed by atoms with Crippen LogP contribution < -0.4 is 0 Å². The van der Waals surface area contributed by atoms with Gasteiger partial charge in [-0.3, -0.25) is 0 Å². The second-order valence-electron chi connectivity index (χ2n) is 4.46. The topological polar surface area (TPSA) is 20.2 Å². The summed E-state index contributed by atoms with van der Waals surface area (Å²) >= 11 is 0. The van der Waals surface area contributed by atoms with Crippen molar-refractivity contribution in [3.63, 3.8) is 0 Å². The number of unbranched alkanes of at least 4 members (excludes halogenated alkanes) is 3. The Hall–Kier alpha value is -0.0400. The van der Waals surface area contributed by atoms with Crippen LogP contribution in [0.5, 0.6) is 0 Å². The molecule has 0 aromatic heterocycles. The van der Waals surface area contributed by atoms with Crippen LogP contribution in [-0.2, 0) is 0 Å². The van der Waals surface area contributed by atoms with Crippen LogP contribution in [0.2, 0.25) is 0 Å². The molecule has 0 heterocycles. The largest absolute Gasteiger partial charge is 0.393 e. The first-order chi connectivity index (χ1) is 6.34. The van der Waals surface area contributed by atoms with E-state index in [0.717, 1.165) is 6.42 Å². The molecule has 1 heteroatoms. The van der Waals surface area contributed by atoms with Gasteiger partial charge in [-0.2, -0.15) is 0 Å². The highest BCUT2D eigenvalue weighted by molar-refractivity contribution is 4.74. The number of aliphatic hydroxyl groups excluding tert-OH is 1. The molecule has 1 nitrogen and oxygen atoms in total. The molecule has 1 aliphatic carbocycles. The summed E-state index contributed by atoms with van der Waals surface area (Å²) < 4.78 is 0. The molecule has 1 saturated carbocycles. The fourth-order valence-electron chi connectivity index (χ4n) is 2.36. The molecule has 1 N–H and O–H groups in total. The molecule has 0 unspecified atom stereocenters. The lowest BCUT2D eigenvalue weighted by Gasteiger charge is -2.17. The lowest BCUT2D eigenvalue weighted by molar-refractivity contribution is 0.0989. The summed E-state index contributed by atoms with van der Waals surface area (Å²) in [7, 11) is 0. The SMILES string of the molecule is CCCCCC[C@@H](O)C1CCCC1. The molecule has 0 spiro atoms. The fraction of sp³-hybridized carbons (Fsp3) is 1.00. The average molecular weight is 184 g/mol. The van der Waals surface area contributed by atoms with Crippen LogP contribution in [0.15, 0.2) is 0 Å². The minimum atomic E-state index is 0.0133.